The summed E-state index contributed by atoms with van der Waals surface area (Å²) in [4.78, 5) is 41.4. The minimum atomic E-state index is -0.815. The van der Waals surface area contributed by atoms with Crippen molar-refractivity contribution in [2.24, 2.45) is 5.92 Å². The van der Waals surface area contributed by atoms with E-state index in [-0.39, 0.29) is 30.3 Å². The van der Waals surface area contributed by atoms with Crippen LogP contribution in [0.4, 0.5) is 10.5 Å². The van der Waals surface area contributed by atoms with E-state index < -0.39 is 11.6 Å². The Morgan fingerprint density at radius 2 is 2.00 bits per heavy atom. The lowest BCUT2D eigenvalue weighted by Crippen LogP contribution is -2.54. The average molecular weight is 355 g/mol. The summed E-state index contributed by atoms with van der Waals surface area (Å²) in [7, 11) is 0. The molecule has 0 bridgehead atoms. The number of nitrogens with zero attached hydrogens (tertiary/aromatic N) is 2. The monoisotopic (exact) mass is 355 g/mol. The average Bonchev–Trinajstić information content (AvgIpc) is 3.07. The number of fused-ring (bicyclic) bond motifs is 1. The van der Waals surface area contributed by atoms with Gasteiger partial charge in [0.05, 0.1) is 0 Å². The molecule has 0 radical (unpaired) electrons. The van der Waals surface area contributed by atoms with Crippen LogP contribution in [0.2, 0.25) is 0 Å². The lowest BCUT2D eigenvalue weighted by molar-refractivity contribution is -0.136. The fourth-order valence-corrected chi connectivity index (χ4v) is 4.80. The summed E-state index contributed by atoms with van der Waals surface area (Å²) in [5.74, 6) is -0.339. The van der Waals surface area contributed by atoms with Crippen molar-refractivity contribution in [3.05, 3.63) is 29.8 Å². The van der Waals surface area contributed by atoms with Crippen molar-refractivity contribution in [3.63, 3.8) is 0 Å². The number of benzene rings is 1. The van der Waals surface area contributed by atoms with Gasteiger partial charge in [0, 0.05) is 11.7 Å². The van der Waals surface area contributed by atoms with E-state index in [9.17, 15) is 14.4 Å². The van der Waals surface area contributed by atoms with Gasteiger partial charge in [-0.15, -0.1) is 0 Å². The van der Waals surface area contributed by atoms with Crippen LogP contribution in [0.5, 0.6) is 0 Å². The van der Waals surface area contributed by atoms with Crippen LogP contribution >= 0.6 is 0 Å². The number of hydrogen-bond acceptors (Lipinski definition) is 3. The van der Waals surface area contributed by atoms with E-state index in [4.69, 9.17) is 0 Å². The Labute approximate surface area is 153 Å². The number of urea groups is 1. The summed E-state index contributed by atoms with van der Waals surface area (Å²) in [5.41, 5.74) is 1.20. The summed E-state index contributed by atoms with van der Waals surface area (Å²) in [6.07, 6.45) is 4.38. The standard InChI is InChI=1S/C20H25N3O3/c1-13-7-5-6-10-20(13)18(25)22(19(26)21-20)12-17(24)23-14(2)11-15-8-3-4-9-16(15)23/h3-4,8-9,13-14H,5-7,10-12H2,1-2H3,(H,21,26)/t13-,14+,20-/m1/s1. The molecule has 1 aromatic rings. The third kappa shape index (κ3) is 2.42. The lowest BCUT2D eigenvalue weighted by Gasteiger charge is -2.36. The second-order valence-electron chi connectivity index (χ2n) is 7.89. The summed E-state index contributed by atoms with van der Waals surface area (Å²) < 4.78 is 0. The van der Waals surface area contributed by atoms with Crippen LogP contribution in [-0.2, 0) is 16.0 Å². The second-order valence-corrected chi connectivity index (χ2v) is 7.89. The fraction of sp³-hybridized carbons (Fsp3) is 0.550. The molecule has 3 atom stereocenters. The first-order chi connectivity index (χ1) is 12.4. The number of carbonyl (C=O) groups is 3. The largest absolute Gasteiger partial charge is 0.325 e. The molecule has 1 N–H and O–H groups in total. The smallest absolute Gasteiger partial charge is 0.323 e. The highest BCUT2D eigenvalue weighted by molar-refractivity contribution is 6.11. The van der Waals surface area contributed by atoms with Gasteiger partial charge in [-0.3, -0.25) is 14.5 Å². The van der Waals surface area contributed by atoms with Gasteiger partial charge < -0.3 is 10.2 Å². The quantitative estimate of drug-likeness (QED) is 0.829. The Hall–Kier alpha value is -2.37. The highest BCUT2D eigenvalue weighted by Crippen LogP contribution is 2.38. The van der Waals surface area contributed by atoms with Gasteiger partial charge in [0.25, 0.3) is 5.91 Å². The number of rotatable bonds is 2. The van der Waals surface area contributed by atoms with Crippen LogP contribution in [0.3, 0.4) is 0 Å². The highest BCUT2D eigenvalue weighted by atomic mass is 16.2. The maximum atomic E-state index is 13.1. The third-order valence-corrected chi connectivity index (χ3v) is 6.27. The zero-order valence-corrected chi connectivity index (χ0v) is 15.3. The molecule has 26 heavy (non-hydrogen) atoms. The molecule has 6 nitrogen and oxygen atoms in total. The van der Waals surface area contributed by atoms with Crippen molar-refractivity contribution in [1.82, 2.24) is 10.2 Å². The number of hydrogen-bond donors (Lipinski definition) is 1. The molecule has 0 unspecified atom stereocenters. The Balaban J connectivity index is 1.55. The highest BCUT2D eigenvalue weighted by Gasteiger charge is 2.55. The van der Waals surface area contributed by atoms with Gasteiger partial charge in [-0.25, -0.2) is 4.79 Å². The molecule has 6 heteroatoms. The fourth-order valence-electron chi connectivity index (χ4n) is 4.80. The van der Waals surface area contributed by atoms with Crippen molar-refractivity contribution in [3.8, 4) is 0 Å². The molecule has 4 rings (SSSR count). The number of amides is 4. The molecule has 2 aliphatic heterocycles. The molecule has 3 aliphatic rings. The Morgan fingerprint density at radius 3 is 2.77 bits per heavy atom. The summed E-state index contributed by atoms with van der Waals surface area (Å²) in [6.45, 7) is 3.81. The van der Waals surface area contributed by atoms with Gasteiger partial charge in [0.2, 0.25) is 5.91 Å². The Bertz CT molecular complexity index is 777. The summed E-state index contributed by atoms with van der Waals surface area (Å²) in [5, 5.41) is 2.91. The number of imide groups is 1. The van der Waals surface area contributed by atoms with E-state index in [1.165, 1.54) is 0 Å². The molecular formula is C20H25N3O3. The van der Waals surface area contributed by atoms with Gasteiger partial charge in [0.1, 0.15) is 12.1 Å². The van der Waals surface area contributed by atoms with Crippen molar-refractivity contribution >= 4 is 23.5 Å². The Kier molecular flexibility index (Phi) is 4.01. The minimum Gasteiger partial charge on any atom is -0.323 e. The maximum absolute atomic E-state index is 13.1. The first-order valence-electron chi connectivity index (χ1n) is 9.48. The van der Waals surface area contributed by atoms with E-state index in [0.29, 0.717) is 6.42 Å². The molecule has 4 amide bonds. The Morgan fingerprint density at radius 1 is 1.23 bits per heavy atom. The maximum Gasteiger partial charge on any atom is 0.325 e. The molecule has 1 saturated heterocycles. The molecule has 138 valence electrons. The van der Waals surface area contributed by atoms with Crippen molar-refractivity contribution in [2.75, 3.05) is 11.4 Å². The van der Waals surface area contributed by atoms with Crippen LogP contribution in [0.25, 0.3) is 0 Å². The van der Waals surface area contributed by atoms with Gasteiger partial charge in [-0.2, -0.15) is 0 Å². The molecule has 1 aliphatic carbocycles. The molecule has 2 heterocycles. The predicted molar refractivity (Wildman–Crippen MR) is 97.7 cm³/mol. The molecule has 0 aromatic heterocycles. The van der Waals surface area contributed by atoms with Crippen LogP contribution in [-0.4, -0.2) is 40.9 Å². The minimum absolute atomic E-state index is 0.0308. The van der Waals surface area contributed by atoms with Crippen LogP contribution < -0.4 is 10.2 Å². The molecule has 1 saturated carbocycles. The SMILES string of the molecule is C[C@@H]1CCCC[C@@]12NC(=O)N(CC(=O)N1c3ccccc3C[C@@H]1C)C2=O. The van der Waals surface area contributed by atoms with E-state index in [2.05, 4.69) is 5.32 Å². The van der Waals surface area contributed by atoms with Gasteiger partial charge in [-0.1, -0.05) is 38.0 Å². The molecule has 1 spiro atoms. The van der Waals surface area contributed by atoms with Gasteiger partial charge in [0.15, 0.2) is 0 Å². The van der Waals surface area contributed by atoms with Gasteiger partial charge in [-0.05, 0) is 43.7 Å². The van der Waals surface area contributed by atoms with Gasteiger partial charge >= 0.3 is 6.03 Å². The molecule has 1 aromatic carbocycles. The topological polar surface area (TPSA) is 69.7 Å². The molecule has 2 fully saturated rings. The van der Waals surface area contributed by atoms with Crippen molar-refractivity contribution < 1.29 is 14.4 Å². The van der Waals surface area contributed by atoms with Crippen molar-refractivity contribution in [1.29, 1.82) is 0 Å². The van der Waals surface area contributed by atoms with E-state index in [0.717, 1.165) is 41.8 Å². The number of anilines is 1. The number of carbonyl (C=O) groups excluding carboxylic acids is 3. The zero-order valence-electron chi connectivity index (χ0n) is 15.3. The summed E-state index contributed by atoms with van der Waals surface area (Å²) >= 11 is 0. The van der Waals surface area contributed by atoms with Crippen LogP contribution in [0.1, 0.15) is 45.1 Å². The van der Waals surface area contributed by atoms with Crippen LogP contribution in [0.15, 0.2) is 24.3 Å². The lowest BCUT2D eigenvalue weighted by atomic mass is 9.73. The second kappa shape index (κ2) is 6.11. The normalized spacial score (nSPS) is 30.7. The predicted octanol–water partition coefficient (Wildman–Crippen LogP) is 2.46. The van der Waals surface area contributed by atoms with E-state index >= 15 is 0 Å². The van der Waals surface area contributed by atoms with E-state index in [1.807, 2.05) is 38.1 Å². The van der Waals surface area contributed by atoms with E-state index in [1.54, 1.807) is 4.90 Å². The molecular weight excluding hydrogens is 330 g/mol. The number of para-hydroxylation sites is 1. The first-order valence-corrected chi connectivity index (χ1v) is 9.48. The summed E-state index contributed by atoms with van der Waals surface area (Å²) in [6, 6.07) is 7.41. The van der Waals surface area contributed by atoms with Crippen molar-refractivity contribution in [2.45, 2.75) is 57.5 Å². The first kappa shape index (κ1) is 17.1. The van der Waals surface area contributed by atoms with Crippen LogP contribution in [0, 0.1) is 5.92 Å². The third-order valence-electron chi connectivity index (χ3n) is 6.27. The number of nitrogens with one attached hydrogen (secondary N) is 1. The zero-order chi connectivity index (χ0) is 18.5.